The number of morpholine rings is 1. The lowest BCUT2D eigenvalue weighted by atomic mass is 10.1. The van der Waals surface area contributed by atoms with E-state index >= 15 is 0 Å². The lowest BCUT2D eigenvalue weighted by Gasteiger charge is -2.34. The average molecular weight is 395 g/mol. The molecule has 0 radical (unpaired) electrons. The maximum atomic E-state index is 13.2. The Kier molecular flexibility index (Phi) is 7.85. The Labute approximate surface area is 173 Å². The number of para-hydroxylation sites is 1. The molecular weight excluding hydrogens is 364 g/mol. The van der Waals surface area contributed by atoms with Crippen LogP contribution in [-0.4, -0.2) is 61.7 Å². The number of methoxy groups -OCH3 is 1. The lowest BCUT2D eigenvalue weighted by Crippen LogP contribution is -2.47. The van der Waals surface area contributed by atoms with Crippen LogP contribution in [-0.2, 0) is 16.1 Å². The van der Waals surface area contributed by atoms with Gasteiger partial charge in [-0.25, -0.2) is 0 Å². The zero-order chi connectivity index (χ0) is 20.5. The number of ether oxygens (including phenoxy) is 2. The highest BCUT2D eigenvalue weighted by atomic mass is 16.5. The van der Waals surface area contributed by atoms with E-state index in [9.17, 15) is 4.79 Å². The number of hydrogen-bond acceptors (Lipinski definition) is 4. The first kappa shape index (κ1) is 21.1. The van der Waals surface area contributed by atoms with Crippen LogP contribution in [0.1, 0.15) is 18.1 Å². The van der Waals surface area contributed by atoms with Gasteiger partial charge in [0.25, 0.3) is 0 Å². The molecule has 1 unspecified atom stereocenters. The van der Waals surface area contributed by atoms with Gasteiger partial charge in [0.1, 0.15) is 5.75 Å². The fourth-order valence-corrected chi connectivity index (χ4v) is 3.55. The van der Waals surface area contributed by atoms with Crippen LogP contribution in [0.2, 0.25) is 0 Å². The van der Waals surface area contributed by atoms with Crippen LogP contribution in [0.15, 0.2) is 60.7 Å². The number of benzene rings is 2. The molecule has 0 spiro atoms. The van der Waals surface area contributed by atoms with Gasteiger partial charge in [-0.1, -0.05) is 48.5 Å². The zero-order valence-electron chi connectivity index (χ0n) is 17.3. The highest BCUT2D eigenvalue weighted by Crippen LogP contribution is 2.19. The van der Waals surface area contributed by atoms with Crippen molar-refractivity contribution in [1.82, 2.24) is 9.80 Å². The number of amides is 1. The van der Waals surface area contributed by atoms with Gasteiger partial charge in [0.2, 0.25) is 5.91 Å². The quantitative estimate of drug-likeness (QED) is 0.643. The van der Waals surface area contributed by atoms with E-state index < -0.39 is 0 Å². The van der Waals surface area contributed by atoms with Crippen molar-refractivity contribution < 1.29 is 14.3 Å². The van der Waals surface area contributed by atoms with Gasteiger partial charge in [0.05, 0.1) is 20.3 Å². The molecule has 1 saturated heterocycles. The number of carbonyl (C=O) groups excluding carboxylic acids is 1. The number of carbonyl (C=O) groups is 1. The number of hydrogen-bond donors (Lipinski definition) is 0. The molecule has 1 fully saturated rings. The molecule has 154 valence electrons. The first-order chi connectivity index (χ1) is 14.2. The van der Waals surface area contributed by atoms with Crippen molar-refractivity contribution in [2.75, 3.05) is 40.0 Å². The summed E-state index contributed by atoms with van der Waals surface area (Å²) in [6.45, 7) is 6.88. The first-order valence-corrected chi connectivity index (χ1v) is 10.1. The Morgan fingerprint density at radius 3 is 2.55 bits per heavy atom. The molecule has 3 rings (SSSR count). The molecule has 1 heterocycles. The summed E-state index contributed by atoms with van der Waals surface area (Å²) in [5.74, 6) is 0.757. The highest BCUT2D eigenvalue weighted by Gasteiger charge is 2.22. The summed E-state index contributed by atoms with van der Waals surface area (Å²) in [7, 11) is 1.64. The van der Waals surface area contributed by atoms with Gasteiger partial charge in [-0.15, -0.1) is 0 Å². The minimum Gasteiger partial charge on any atom is -0.496 e. The molecule has 5 nitrogen and oxygen atoms in total. The Morgan fingerprint density at radius 2 is 1.83 bits per heavy atom. The molecule has 0 saturated carbocycles. The Morgan fingerprint density at radius 1 is 1.14 bits per heavy atom. The maximum Gasteiger partial charge on any atom is 0.247 e. The summed E-state index contributed by atoms with van der Waals surface area (Å²) in [6.07, 6.45) is 3.48. The third-order valence-corrected chi connectivity index (χ3v) is 5.18. The summed E-state index contributed by atoms with van der Waals surface area (Å²) in [4.78, 5) is 17.5. The smallest absolute Gasteiger partial charge is 0.247 e. The zero-order valence-corrected chi connectivity index (χ0v) is 17.3. The topological polar surface area (TPSA) is 42.0 Å². The minimum atomic E-state index is 0.000480. The molecule has 1 amide bonds. The van der Waals surface area contributed by atoms with E-state index in [1.165, 1.54) is 0 Å². The van der Waals surface area contributed by atoms with Crippen LogP contribution >= 0.6 is 0 Å². The lowest BCUT2D eigenvalue weighted by molar-refractivity contribution is -0.129. The van der Waals surface area contributed by atoms with Gasteiger partial charge in [-0.3, -0.25) is 9.69 Å². The Bertz CT molecular complexity index is 801. The van der Waals surface area contributed by atoms with Crippen LogP contribution in [0.25, 0.3) is 6.08 Å². The second-order valence-electron chi connectivity index (χ2n) is 7.29. The molecule has 0 N–H and O–H groups in total. The molecule has 1 atom stereocenters. The maximum absolute atomic E-state index is 13.2. The van der Waals surface area contributed by atoms with Crippen molar-refractivity contribution in [2.24, 2.45) is 0 Å². The van der Waals surface area contributed by atoms with Gasteiger partial charge in [0, 0.05) is 43.9 Å². The summed E-state index contributed by atoms with van der Waals surface area (Å²) in [6, 6.07) is 17.9. The minimum absolute atomic E-state index is 0.000480. The SMILES string of the molecule is COc1ccccc1/C=C/C(=O)N(Cc1ccccc1)C(C)CN1CCOCC1. The third-order valence-electron chi connectivity index (χ3n) is 5.18. The third kappa shape index (κ3) is 6.17. The summed E-state index contributed by atoms with van der Waals surface area (Å²) >= 11 is 0. The molecule has 0 bridgehead atoms. The molecule has 0 aromatic heterocycles. The van der Waals surface area contributed by atoms with Gasteiger partial charge in [-0.2, -0.15) is 0 Å². The van der Waals surface area contributed by atoms with Gasteiger partial charge in [-0.05, 0) is 24.6 Å². The second-order valence-corrected chi connectivity index (χ2v) is 7.29. The Hall–Kier alpha value is -2.63. The van der Waals surface area contributed by atoms with E-state index in [2.05, 4.69) is 24.0 Å². The van der Waals surface area contributed by atoms with Crippen LogP contribution in [0.4, 0.5) is 0 Å². The van der Waals surface area contributed by atoms with Crippen LogP contribution in [0.5, 0.6) is 5.75 Å². The van der Waals surface area contributed by atoms with E-state index in [4.69, 9.17) is 9.47 Å². The van der Waals surface area contributed by atoms with E-state index in [1.807, 2.05) is 53.4 Å². The predicted octanol–water partition coefficient (Wildman–Crippen LogP) is 3.46. The van der Waals surface area contributed by atoms with E-state index in [-0.39, 0.29) is 11.9 Å². The monoisotopic (exact) mass is 394 g/mol. The number of rotatable bonds is 8. The highest BCUT2D eigenvalue weighted by molar-refractivity contribution is 5.92. The standard InChI is InChI=1S/C24H30N2O3/c1-20(18-25-14-16-29-17-15-25)26(19-21-8-4-3-5-9-21)24(27)13-12-22-10-6-7-11-23(22)28-2/h3-13,20H,14-19H2,1-2H3/b13-12+. The van der Waals surface area contributed by atoms with E-state index in [0.717, 1.165) is 49.7 Å². The van der Waals surface area contributed by atoms with Crippen molar-refractivity contribution in [3.63, 3.8) is 0 Å². The van der Waals surface area contributed by atoms with Gasteiger partial charge in [0.15, 0.2) is 0 Å². The van der Waals surface area contributed by atoms with Crippen LogP contribution in [0, 0.1) is 0 Å². The van der Waals surface area contributed by atoms with E-state index in [0.29, 0.717) is 6.54 Å². The normalized spacial score (nSPS) is 15.9. The van der Waals surface area contributed by atoms with Crippen molar-refractivity contribution in [1.29, 1.82) is 0 Å². The van der Waals surface area contributed by atoms with E-state index in [1.54, 1.807) is 13.2 Å². The fourth-order valence-electron chi connectivity index (χ4n) is 3.55. The summed E-state index contributed by atoms with van der Waals surface area (Å²) < 4.78 is 10.8. The summed E-state index contributed by atoms with van der Waals surface area (Å²) in [5, 5.41) is 0. The molecule has 2 aromatic carbocycles. The fraction of sp³-hybridized carbons (Fsp3) is 0.375. The molecule has 5 heteroatoms. The molecule has 2 aromatic rings. The molecule has 0 aliphatic carbocycles. The average Bonchev–Trinajstić information content (AvgIpc) is 2.77. The molecule has 1 aliphatic heterocycles. The molecule has 29 heavy (non-hydrogen) atoms. The first-order valence-electron chi connectivity index (χ1n) is 10.1. The van der Waals surface area contributed by atoms with Crippen LogP contribution in [0.3, 0.4) is 0 Å². The largest absolute Gasteiger partial charge is 0.496 e. The van der Waals surface area contributed by atoms with Crippen molar-refractivity contribution in [3.05, 3.63) is 71.8 Å². The van der Waals surface area contributed by atoms with Gasteiger partial charge >= 0.3 is 0 Å². The van der Waals surface area contributed by atoms with Crippen molar-refractivity contribution in [3.8, 4) is 5.75 Å². The van der Waals surface area contributed by atoms with Crippen LogP contribution < -0.4 is 4.74 Å². The number of nitrogens with zero attached hydrogens (tertiary/aromatic N) is 2. The van der Waals surface area contributed by atoms with Crippen molar-refractivity contribution >= 4 is 12.0 Å². The van der Waals surface area contributed by atoms with Gasteiger partial charge < -0.3 is 14.4 Å². The Balaban J connectivity index is 1.75. The molecule has 1 aliphatic rings. The summed E-state index contributed by atoms with van der Waals surface area (Å²) in [5.41, 5.74) is 2.02. The second kappa shape index (κ2) is 10.8. The predicted molar refractivity (Wildman–Crippen MR) is 116 cm³/mol. The molecular formula is C24H30N2O3. The van der Waals surface area contributed by atoms with Crippen molar-refractivity contribution in [2.45, 2.75) is 19.5 Å².